The molecule has 6 heteroatoms. The fraction of sp³-hybridized carbons (Fsp3) is 0.214. The highest BCUT2D eigenvalue weighted by Gasteiger charge is 2.33. The van der Waals surface area contributed by atoms with Gasteiger partial charge in [0.25, 0.3) is 0 Å². The van der Waals surface area contributed by atoms with E-state index in [4.69, 9.17) is 9.15 Å². The highest BCUT2D eigenvalue weighted by molar-refractivity contribution is 7.00. The van der Waals surface area contributed by atoms with Crippen LogP contribution >= 0.6 is 11.7 Å². The van der Waals surface area contributed by atoms with Gasteiger partial charge in [-0.15, -0.1) is 0 Å². The summed E-state index contributed by atoms with van der Waals surface area (Å²) in [5.74, 6) is 1.73. The van der Waals surface area contributed by atoms with Crippen LogP contribution in [-0.4, -0.2) is 14.7 Å². The minimum Gasteiger partial charge on any atom is -0.466 e. The number of benzene rings is 1. The molecule has 1 atom stereocenters. The highest BCUT2D eigenvalue weighted by Crippen LogP contribution is 2.42. The summed E-state index contributed by atoms with van der Waals surface area (Å²) >= 11 is 1.16. The van der Waals surface area contributed by atoms with Gasteiger partial charge in [-0.25, -0.2) is 0 Å². The first kappa shape index (κ1) is 11.6. The van der Waals surface area contributed by atoms with Crippen molar-refractivity contribution in [2.75, 3.05) is 0 Å². The van der Waals surface area contributed by atoms with Crippen molar-refractivity contribution >= 4 is 28.7 Å². The number of furan rings is 1. The van der Waals surface area contributed by atoms with Crippen molar-refractivity contribution in [2.24, 2.45) is 0 Å². The zero-order valence-corrected chi connectivity index (χ0v) is 11.4. The van der Waals surface area contributed by atoms with Gasteiger partial charge in [-0.3, -0.25) is 4.79 Å². The fourth-order valence-corrected chi connectivity index (χ4v) is 3.14. The number of carbonyl (C=O) groups is 1. The van der Waals surface area contributed by atoms with E-state index in [1.165, 1.54) is 0 Å². The van der Waals surface area contributed by atoms with Gasteiger partial charge in [-0.1, -0.05) is 0 Å². The average molecular weight is 286 g/mol. The molecule has 0 saturated heterocycles. The second-order valence-corrected chi connectivity index (χ2v) is 5.32. The number of fused-ring (bicyclic) bond motifs is 3. The van der Waals surface area contributed by atoms with Crippen LogP contribution < -0.4 is 4.74 Å². The molecule has 0 radical (unpaired) electrons. The fourth-order valence-electron chi connectivity index (χ4n) is 2.60. The van der Waals surface area contributed by atoms with Crippen LogP contribution in [0.5, 0.6) is 5.75 Å². The van der Waals surface area contributed by atoms with E-state index in [-0.39, 0.29) is 18.3 Å². The van der Waals surface area contributed by atoms with Crippen molar-refractivity contribution in [3.05, 3.63) is 41.3 Å². The lowest BCUT2D eigenvalue weighted by Gasteiger charge is -2.23. The van der Waals surface area contributed by atoms with Gasteiger partial charge in [0.15, 0.2) is 0 Å². The highest BCUT2D eigenvalue weighted by atomic mass is 32.1. The molecule has 0 amide bonds. The molecule has 0 unspecified atom stereocenters. The van der Waals surface area contributed by atoms with Gasteiger partial charge in [-0.2, -0.15) is 8.75 Å². The first-order chi connectivity index (χ1) is 9.72. The summed E-state index contributed by atoms with van der Waals surface area (Å²) in [4.78, 5) is 11.8. The summed E-state index contributed by atoms with van der Waals surface area (Å²) in [6.07, 6.45) is 0.261. The minimum atomic E-state index is -0.251. The third-order valence-corrected chi connectivity index (χ3v) is 4.02. The second-order valence-electron chi connectivity index (χ2n) is 4.79. The Bertz CT molecular complexity index is 821. The van der Waals surface area contributed by atoms with Gasteiger partial charge >= 0.3 is 5.97 Å². The maximum absolute atomic E-state index is 11.8. The quantitative estimate of drug-likeness (QED) is 0.508. The maximum atomic E-state index is 11.8. The normalized spacial score (nSPS) is 18.1. The Balaban J connectivity index is 1.98. The zero-order chi connectivity index (χ0) is 13.7. The summed E-state index contributed by atoms with van der Waals surface area (Å²) in [5, 5.41) is 0. The van der Waals surface area contributed by atoms with Crippen molar-refractivity contribution in [2.45, 2.75) is 19.3 Å². The van der Waals surface area contributed by atoms with E-state index in [9.17, 15) is 4.79 Å². The Kier molecular flexibility index (Phi) is 2.40. The van der Waals surface area contributed by atoms with E-state index in [0.717, 1.165) is 39.8 Å². The summed E-state index contributed by atoms with van der Waals surface area (Å²) in [6.45, 7) is 1.89. The lowest BCUT2D eigenvalue weighted by atomic mass is 9.89. The third kappa shape index (κ3) is 1.65. The van der Waals surface area contributed by atoms with Gasteiger partial charge in [0, 0.05) is 5.56 Å². The number of nitrogens with zero attached hydrogens (tertiary/aromatic N) is 2. The summed E-state index contributed by atoms with van der Waals surface area (Å²) in [7, 11) is 0. The van der Waals surface area contributed by atoms with E-state index < -0.39 is 0 Å². The number of rotatable bonds is 1. The Morgan fingerprint density at radius 1 is 1.25 bits per heavy atom. The maximum Gasteiger partial charge on any atom is 0.312 e. The van der Waals surface area contributed by atoms with Gasteiger partial charge in [0.1, 0.15) is 28.3 Å². The molecule has 0 bridgehead atoms. The molecular weight excluding hydrogens is 276 g/mol. The first-order valence-corrected chi connectivity index (χ1v) is 6.97. The Morgan fingerprint density at radius 3 is 2.95 bits per heavy atom. The number of hydrogen-bond donors (Lipinski definition) is 0. The van der Waals surface area contributed by atoms with Crippen LogP contribution in [0.4, 0.5) is 0 Å². The molecule has 20 heavy (non-hydrogen) atoms. The van der Waals surface area contributed by atoms with E-state index in [1.54, 1.807) is 6.07 Å². The first-order valence-electron chi connectivity index (χ1n) is 6.24. The number of esters is 1. The predicted molar refractivity (Wildman–Crippen MR) is 73.0 cm³/mol. The Hall–Kier alpha value is -2.21. The van der Waals surface area contributed by atoms with E-state index in [1.807, 2.05) is 25.1 Å². The molecule has 5 nitrogen and oxygen atoms in total. The van der Waals surface area contributed by atoms with Gasteiger partial charge in [0.05, 0.1) is 24.1 Å². The van der Waals surface area contributed by atoms with Crippen molar-refractivity contribution in [1.29, 1.82) is 0 Å². The molecule has 0 saturated carbocycles. The molecule has 100 valence electrons. The van der Waals surface area contributed by atoms with Crippen molar-refractivity contribution in [3.63, 3.8) is 0 Å². The Labute approximate surface area is 118 Å². The molecule has 2 aromatic heterocycles. The van der Waals surface area contributed by atoms with Gasteiger partial charge < -0.3 is 9.15 Å². The molecule has 1 aromatic carbocycles. The molecule has 1 aliphatic heterocycles. The number of aryl methyl sites for hydroxylation is 1. The van der Waals surface area contributed by atoms with Crippen molar-refractivity contribution in [1.82, 2.24) is 8.75 Å². The summed E-state index contributed by atoms with van der Waals surface area (Å²) in [6, 6.07) is 7.40. The van der Waals surface area contributed by atoms with Crippen LogP contribution in [0.15, 0.2) is 28.7 Å². The van der Waals surface area contributed by atoms with E-state index in [2.05, 4.69) is 8.75 Å². The smallest absolute Gasteiger partial charge is 0.312 e. The molecular formula is C14H10N2O3S. The molecule has 0 N–H and O–H groups in total. The van der Waals surface area contributed by atoms with Crippen LogP contribution in [0, 0.1) is 6.92 Å². The SMILES string of the molecule is Cc1ccc([C@H]2CC(=O)Oc3ccc4nsnc4c32)o1. The largest absolute Gasteiger partial charge is 0.466 e. The average Bonchev–Trinajstić information content (AvgIpc) is 3.05. The Morgan fingerprint density at radius 2 is 2.15 bits per heavy atom. The molecule has 3 heterocycles. The molecule has 3 aromatic rings. The number of hydrogen-bond acceptors (Lipinski definition) is 6. The van der Waals surface area contributed by atoms with Gasteiger partial charge in [-0.05, 0) is 31.2 Å². The minimum absolute atomic E-state index is 0.160. The van der Waals surface area contributed by atoms with E-state index >= 15 is 0 Å². The molecule has 1 aliphatic rings. The second kappa shape index (κ2) is 4.14. The number of ether oxygens (including phenoxy) is 1. The number of aromatic nitrogens is 2. The zero-order valence-electron chi connectivity index (χ0n) is 10.6. The van der Waals surface area contributed by atoms with Crippen LogP contribution in [0.3, 0.4) is 0 Å². The van der Waals surface area contributed by atoms with E-state index in [0.29, 0.717) is 5.75 Å². The van der Waals surface area contributed by atoms with Crippen molar-refractivity contribution < 1.29 is 13.9 Å². The van der Waals surface area contributed by atoms with Gasteiger partial charge in [0.2, 0.25) is 0 Å². The molecule has 0 fully saturated rings. The number of carbonyl (C=O) groups excluding carboxylic acids is 1. The monoisotopic (exact) mass is 286 g/mol. The van der Waals surface area contributed by atoms with Crippen LogP contribution in [0.25, 0.3) is 11.0 Å². The van der Waals surface area contributed by atoms with Crippen molar-refractivity contribution in [3.8, 4) is 5.75 Å². The third-order valence-electron chi connectivity index (χ3n) is 3.47. The van der Waals surface area contributed by atoms with Crippen LogP contribution in [-0.2, 0) is 4.79 Å². The summed E-state index contributed by atoms with van der Waals surface area (Å²) in [5.41, 5.74) is 2.50. The molecule has 0 aliphatic carbocycles. The van der Waals surface area contributed by atoms with Crippen LogP contribution in [0.1, 0.15) is 29.4 Å². The standard InChI is InChI=1S/C14H10N2O3S/c1-7-2-4-10(18-7)8-6-12(17)19-11-5-3-9-14(13(8)11)16-20-15-9/h2-5,8H,6H2,1H3/t8-/m1/s1. The molecule has 4 rings (SSSR count). The lowest BCUT2D eigenvalue weighted by Crippen LogP contribution is -2.21. The lowest BCUT2D eigenvalue weighted by molar-refractivity contribution is -0.135. The topological polar surface area (TPSA) is 65.2 Å². The molecule has 0 spiro atoms. The summed E-state index contributed by atoms with van der Waals surface area (Å²) < 4.78 is 19.6. The van der Waals surface area contributed by atoms with Crippen LogP contribution in [0.2, 0.25) is 0 Å². The predicted octanol–water partition coefficient (Wildman–Crippen LogP) is 3.03.